The van der Waals surface area contributed by atoms with E-state index in [0.29, 0.717) is 23.1 Å². The van der Waals surface area contributed by atoms with Crippen molar-refractivity contribution in [3.63, 3.8) is 0 Å². The number of benzene rings is 1. The molecule has 1 aromatic rings. The van der Waals surface area contributed by atoms with Gasteiger partial charge in [0.25, 0.3) is 0 Å². The fourth-order valence-corrected chi connectivity index (χ4v) is 2.81. The van der Waals surface area contributed by atoms with E-state index in [1.807, 2.05) is 4.90 Å². The van der Waals surface area contributed by atoms with E-state index in [4.69, 9.17) is 0 Å². The van der Waals surface area contributed by atoms with Crippen LogP contribution in [0.5, 0.6) is 5.75 Å². The third-order valence-electron chi connectivity index (χ3n) is 3.19. The number of aromatic hydroxyl groups is 1. The molecule has 0 radical (unpaired) electrons. The zero-order valence-electron chi connectivity index (χ0n) is 10.6. The lowest BCUT2D eigenvalue weighted by atomic mass is 10.0. The van der Waals surface area contributed by atoms with E-state index in [2.05, 4.69) is 21.2 Å². The maximum absolute atomic E-state index is 13.4. The van der Waals surface area contributed by atoms with Crippen LogP contribution >= 0.6 is 40.7 Å². The van der Waals surface area contributed by atoms with Gasteiger partial charge in [0, 0.05) is 36.2 Å². The highest BCUT2D eigenvalue weighted by atomic mass is 79.9. The largest absolute Gasteiger partial charge is 0.505 e. The highest BCUT2D eigenvalue weighted by Gasteiger charge is 2.27. The minimum absolute atomic E-state index is 0. The maximum atomic E-state index is 13.4. The molecule has 0 bridgehead atoms. The van der Waals surface area contributed by atoms with Gasteiger partial charge < -0.3 is 10.4 Å². The third kappa shape index (κ3) is 4.18. The number of phenolic OH excluding ortho intramolecular Hbond substituents is 1. The summed E-state index contributed by atoms with van der Waals surface area (Å²) in [5.74, 6) is -1.19. The van der Waals surface area contributed by atoms with Crippen molar-refractivity contribution in [2.75, 3.05) is 32.9 Å². The van der Waals surface area contributed by atoms with Crippen LogP contribution in [0.25, 0.3) is 0 Å². The van der Waals surface area contributed by atoms with Gasteiger partial charge in [-0.3, -0.25) is 4.90 Å². The smallest absolute Gasteiger partial charge is 0.165 e. The van der Waals surface area contributed by atoms with Gasteiger partial charge in [-0.15, -0.1) is 24.8 Å². The molecule has 0 saturated carbocycles. The first kappa shape index (κ1) is 19.9. The van der Waals surface area contributed by atoms with Crippen molar-refractivity contribution in [3.8, 4) is 5.75 Å². The van der Waals surface area contributed by atoms with Crippen LogP contribution in [0.15, 0.2) is 16.6 Å². The Bertz CT molecular complexity index is 434. The molecule has 1 fully saturated rings. The lowest BCUT2D eigenvalue weighted by molar-refractivity contribution is 0.144. The number of rotatable bonds is 3. The Morgan fingerprint density at radius 1 is 1.30 bits per heavy atom. The second-order valence-electron chi connectivity index (χ2n) is 4.25. The Hall–Kier alpha value is -0.140. The van der Waals surface area contributed by atoms with Crippen LogP contribution < -0.4 is 5.32 Å². The zero-order valence-corrected chi connectivity index (χ0v) is 13.8. The molecule has 0 aromatic heterocycles. The average Bonchev–Trinajstić information content (AvgIpc) is 2.40. The summed E-state index contributed by atoms with van der Waals surface area (Å²) in [7, 11) is 0. The first-order chi connectivity index (χ1) is 8.65. The van der Waals surface area contributed by atoms with Crippen molar-refractivity contribution in [1.82, 2.24) is 10.2 Å². The SMILES string of the molecule is Cl.Cl.Oc1c(F)ccc(Br)c1[C@@H](CF)N1CCNCC1. The summed E-state index contributed by atoms with van der Waals surface area (Å²) in [6, 6.07) is 2.04. The lowest BCUT2D eigenvalue weighted by Crippen LogP contribution is -2.45. The van der Waals surface area contributed by atoms with Gasteiger partial charge in [0.2, 0.25) is 0 Å². The van der Waals surface area contributed by atoms with E-state index in [9.17, 15) is 13.9 Å². The molecule has 0 aliphatic carbocycles. The number of piperazine rings is 1. The molecule has 1 aliphatic heterocycles. The van der Waals surface area contributed by atoms with E-state index < -0.39 is 24.3 Å². The second kappa shape index (κ2) is 9.00. The zero-order chi connectivity index (χ0) is 13.1. The van der Waals surface area contributed by atoms with Crippen molar-refractivity contribution in [2.45, 2.75) is 6.04 Å². The quantitative estimate of drug-likeness (QED) is 0.828. The molecule has 8 heteroatoms. The van der Waals surface area contributed by atoms with Crippen LogP contribution in [0.2, 0.25) is 0 Å². The molecule has 1 atom stereocenters. The van der Waals surface area contributed by atoms with Gasteiger partial charge in [-0.05, 0) is 12.1 Å². The predicted octanol–water partition coefficient (Wildman–Crippen LogP) is 3.05. The molecular weight excluding hydrogens is 377 g/mol. The summed E-state index contributed by atoms with van der Waals surface area (Å²) in [5.41, 5.74) is 0.291. The first-order valence-electron chi connectivity index (χ1n) is 5.82. The number of alkyl halides is 1. The van der Waals surface area contributed by atoms with E-state index in [-0.39, 0.29) is 24.8 Å². The van der Waals surface area contributed by atoms with Gasteiger partial charge in [-0.1, -0.05) is 15.9 Å². The number of nitrogens with zero attached hydrogens (tertiary/aromatic N) is 1. The third-order valence-corrected chi connectivity index (χ3v) is 3.88. The number of hydrogen-bond donors (Lipinski definition) is 2. The normalized spacial score (nSPS) is 16.9. The van der Waals surface area contributed by atoms with Crippen molar-refractivity contribution in [1.29, 1.82) is 0 Å². The number of halogens is 5. The summed E-state index contributed by atoms with van der Waals surface area (Å²) in [6.45, 7) is 2.23. The Morgan fingerprint density at radius 3 is 2.45 bits per heavy atom. The fourth-order valence-electron chi connectivity index (χ4n) is 2.22. The molecule has 2 rings (SSSR count). The van der Waals surface area contributed by atoms with Gasteiger partial charge in [0.1, 0.15) is 6.67 Å². The van der Waals surface area contributed by atoms with Crippen molar-refractivity contribution in [3.05, 3.63) is 28.0 Å². The van der Waals surface area contributed by atoms with Gasteiger partial charge in [-0.2, -0.15) is 0 Å². The molecule has 0 spiro atoms. The van der Waals surface area contributed by atoms with E-state index >= 15 is 0 Å². The molecule has 20 heavy (non-hydrogen) atoms. The highest BCUT2D eigenvalue weighted by molar-refractivity contribution is 9.10. The van der Waals surface area contributed by atoms with Crippen LogP contribution in [0.4, 0.5) is 8.78 Å². The molecule has 1 heterocycles. The minimum Gasteiger partial charge on any atom is -0.505 e. The van der Waals surface area contributed by atoms with Crippen molar-refractivity contribution in [2.24, 2.45) is 0 Å². The monoisotopic (exact) mass is 392 g/mol. The molecule has 0 amide bonds. The molecule has 0 unspecified atom stereocenters. The highest BCUT2D eigenvalue weighted by Crippen LogP contribution is 2.37. The Balaban J connectivity index is 0.00000180. The van der Waals surface area contributed by atoms with Gasteiger partial charge >= 0.3 is 0 Å². The van der Waals surface area contributed by atoms with Crippen LogP contribution in [-0.4, -0.2) is 42.9 Å². The van der Waals surface area contributed by atoms with Gasteiger partial charge in [0.05, 0.1) is 6.04 Å². The lowest BCUT2D eigenvalue weighted by Gasteiger charge is -2.34. The summed E-state index contributed by atoms with van der Waals surface area (Å²) >= 11 is 3.25. The van der Waals surface area contributed by atoms with Crippen molar-refractivity contribution < 1.29 is 13.9 Å². The predicted molar refractivity (Wildman–Crippen MR) is 83.4 cm³/mol. The molecule has 1 aromatic carbocycles. The Kier molecular flexibility index (Phi) is 8.93. The molecule has 1 saturated heterocycles. The topological polar surface area (TPSA) is 35.5 Å². The average molecular weight is 394 g/mol. The summed E-state index contributed by atoms with van der Waals surface area (Å²) in [6.07, 6.45) is 0. The molecule has 2 N–H and O–H groups in total. The molecule has 3 nitrogen and oxygen atoms in total. The Labute approximate surface area is 137 Å². The number of hydrogen-bond acceptors (Lipinski definition) is 3. The van der Waals surface area contributed by atoms with E-state index in [1.165, 1.54) is 6.07 Å². The fraction of sp³-hybridized carbons (Fsp3) is 0.500. The minimum atomic E-state index is -0.721. The standard InChI is InChI=1S/C12H15BrF2N2O.2ClH/c13-8-1-2-9(15)12(18)11(8)10(7-14)17-5-3-16-4-6-17;;/h1-2,10,16,18H,3-7H2;2*1H/t10-;;/m1../s1. The maximum Gasteiger partial charge on any atom is 0.165 e. The van der Waals surface area contributed by atoms with Crippen molar-refractivity contribution >= 4 is 40.7 Å². The van der Waals surface area contributed by atoms with Crippen LogP contribution in [0.3, 0.4) is 0 Å². The van der Waals surface area contributed by atoms with E-state index in [1.54, 1.807) is 0 Å². The Morgan fingerprint density at radius 2 is 1.90 bits per heavy atom. The summed E-state index contributed by atoms with van der Waals surface area (Å²) < 4.78 is 27.2. The van der Waals surface area contributed by atoms with Crippen LogP contribution in [-0.2, 0) is 0 Å². The first-order valence-corrected chi connectivity index (χ1v) is 6.62. The second-order valence-corrected chi connectivity index (χ2v) is 5.10. The number of nitrogens with one attached hydrogen (secondary N) is 1. The summed E-state index contributed by atoms with van der Waals surface area (Å²) in [4.78, 5) is 1.91. The molecule has 1 aliphatic rings. The van der Waals surface area contributed by atoms with Crippen LogP contribution in [0.1, 0.15) is 11.6 Å². The van der Waals surface area contributed by atoms with E-state index in [0.717, 1.165) is 19.2 Å². The molecule has 116 valence electrons. The molecular formula is C12H17BrCl2F2N2O. The van der Waals surface area contributed by atoms with Gasteiger partial charge in [0.15, 0.2) is 11.6 Å². The number of phenols is 1. The summed E-state index contributed by atoms with van der Waals surface area (Å²) in [5, 5.41) is 13.0. The van der Waals surface area contributed by atoms with Crippen LogP contribution in [0, 0.1) is 5.82 Å². The van der Waals surface area contributed by atoms with Gasteiger partial charge in [-0.25, -0.2) is 8.78 Å².